The third-order valence-corrected chi connectivity index (χ3v) is 3.97. The largest absolute Gasteiger partial charge is 0.313 e. The van der Waals surface area contributed by atoms with Crippen molar-refractivity contribution >= 4 is 23.4 Å². The smallest absolute Gasteiger partial charge is 0.192 e. The zero-order valence-electron chi connectivity index (χ0n) is 11.7. The maximum atomic E-state index is 6.31. The monoisotopic (exact) mass is 307 g/mol. The van der Waals surface area contributed by atoms with Crippen LogP contribution in [-0.2, 0) is 6.54 Å². The van der Waals surface area contributed by atoms with Gasteiger partial charge in [-0.05, 0) is 55.4 Å². The molecule has 106 valence electrons. The van der Waals surface area contributed by atoms with Crippen LogP contribution in [0.5, 0.6) is 0 Å². The van der Waals surface area contributed by atoms with E-state index in [1.807, 2.05) is 19.1 Å². The van der Waals surface area contributed by atoms with E-state index in [2.05, 4.69) is 34.3 Å². The van der Waals surface area contributed by atoms with Gasteiger partial charge in [0.1, 0.15) is 0 Å². The zero-order chi connectivity index (χ0) is 14.4. The van der Waals surface area contributed by atoms with Crippen LogP contribution in [0.4, 0.5) is 0 Å². The number of halogens is 1. The standard InChI is InChI=1S/C15H18ClN3S/c1-3-7-17-10-12-4-5-13(9-14(12)16)20-15-18-8-6-11(2)19-15/h4-6,8-9,17H,3,7,10H2,1-2H3. The molecule has 1 heterocycles. The highest BCUT2D eigenvalue weighted by Crippen LogP contribution is 2.28. The van der Waals surface area contributed by atoms with Crippen molar-refractivity contribution in [3.63, 3.8) is 0 Å². The second-order valence-corrected chi connectivity index (χ2v) is 5.96. The van der Waals surface area contributed by atoms with Gasteiger partial charge < -0.3 is 5.32 Å². The highest BCUT2D eigenvalue weighted by atomic mass is 35.5. The molecule has 1 aromatic heterocycles. The number of aromatic nitrogens is 2. The van der Waals surface area contributed by atoms with Crippen LogP contribution in [0.15, 0.2) is 40.5 Å². The number of benzene rings is 1. The number of nitrogens with one attached hydrogen (secondary N) is 1. The molecule has 3 nitrogen and oxygen atoms in total. The van der Waals surface area contributed by atoms with Crippen molar-refractivity contribution in [1.82, 2.24) is 15.3 Å². The van der Waals surface area contributed by atoms with Crippen LogP contribution in [-0.4, -0.2) is 16.5 Å². The van der Waals surface area contributed by atoms with E-state index in [4.69, 9.17) is 11.6 Å². The number of hydrogen-bond donors (Lipinski definition) is 1. The van der Waals surface area contributed by atoms with Crippen molar-refractivity contribution in [3.05, 3.63) is 46.7 Å². The molecule has 0 amide bonds. The molecule has 1 N–H and O–H groups in total. The Kier molecular flexibility index (Phi) is 5.83. The summed E-state index contributed by atoms with van der Waals surface area (Å²) in [5, 5.41) is 4.88. The normalized spacial score (nSPS) is 10.8. The van der Waals surface area contributed by atoms with Crippen molar-refractivity contribution < 1.29 is 0 Å². The molecule has 1 aromatic carbocycles. The lowest BCUT2D eigenvalue weighted by molar-refractivity contribution is 0.675. The Morgan fingerprint density at radius 2 is 2.15 bits per heavy atom. The Labute approximate surface area is 129 Å². The van der Waals surface area contributed by atoms with Crippen molar-refractivity contribution in [3.8, 4) is 0 Å². The molecule has 2 rings (SSSR count). The lowest BCUT2D eigenvalue weighted by atomic mass is 10.2. The van der Waals surface area contributed by atoms with Gasteiger partial charge in [-0.1, -0.05) is 24.6 Å². The molecular weight excluding hydrogens is 290 g/mol. The van der Waals surface area contributed by atoms with Crippen LogP contribution in [0.1, 0.15) is 24.6 Å². The van der Waals surface area contributed by atoms with Crippen molar-refractivity contribution in [1.29, 1.82) is 0 Å². The Hall–Kier alpha value is -1.10. The van der Waals surface area contributed by atoms with E-state index in [0.717, 1.165) is 45.8 Å². The molecule has 0 atom stereocenters. The molecule has 0 aliphatic heterocycles. The van der Waals surface area contributed by atoms with Crippen molar-refractivity contribution in [2.24, 2.45) is 0 Å². The summed E-state index contributed by atoms with van der Waals surface area (Å²) in [6, 6.07) is 7.98. The molecule has 5 heteroatoms. The molecule has 0 spiro atoms. The Morgan fingerprint density at radius 1 is 1.30 bits per heavy atom. The molecule has 20 heavy (non-hydrogen) atoms. The van der Waals surface area contributed by atoms with E-state index in [1.54, 1.807) is 6.20 Å². The summed E-state index contributed by atoms with van der Waals surface area (Å²) in [5.74, 6) is 0. The Morgan fingerprint density at radius 3 is 2.85 bits per heavy atom. The fraction of sp³-hybridized carbons (Fsp3) is 0.333. The molecule has 0 aliphatic rings. The highest BCUT2D eigenvalue weighted by molar-refractivity contribution is 7.99. The molecule has 0 saturated heterocycles. The first-order valence-corrected chi connectivity index (χ1v) is 7.85. The van der Waals surface area contributed by atoms with Crippen molar-refractivity contribution in [2.45, 2.75) is 36.9 Å². The van der Waals surface area contributed by atoms with E-state index in [0.29, 0.717) is 0 Å². The molecule has 0 radical (unpaired) electrons. The van der Waals surface area contributed by atoms with Gasteiger partial charge >= 0.3 is 0 Å². The van der Waals surface area contributed by atoms with Gasteiger partial charge in [0.2, 0.25) is 0 Å². The van der Waals surface area contributed by atoms with Gasteiger partial charge in [0.15, 0.2) is 5.16 Å². The van der Waals surface area contributed by atoms with Crippen LogP contribution < -0.4 is 5.32 Å². The van der Waals surface area contributed by atoms with Gasteiger partial charge in [0.25, 0.3) is 0 Å². The number of rotatable bonds is 6. The average Bonchev–Trinajstić information content (AvgIpc) is 2.41. The van der Waals surface area contributed by atoms with E-state index >= 15 is 0 Å². The number of nitrogens with zero attached hydrogens (tertiary/aromatic N) is 2. The fourth-order valence-electron chi connectivity index (χ4n) is 1.72. The average molecular weight is 308 g/mol. The molecule has 0 aliphatic carbocycles. The minimum absolute atomic E-state index is 0.748. The van der Waals surface area contributed by atoms with Crippen molar-refractivity contribution in [2.75, 3.05) is 6.54 Å². The summed E-state index contributed by atoms with van der Waals surface area (Å²) in [5.41, 5.74) is 2.09. The third kappa shape index (κ3) is 4.47. The topological polar surface area (TPSA) is 37.8 Å². The van der Waals surface area contributed by atoms with Gasteiger partial charge in [-0.2, -0.15) is 0 Å². The van der Waals surface area contributed by atoms with Gasteiger partial charge in [0, 0.05) is 28.4 Å². The first kappa shape index (κ1) is 15.3. The Bertz CT molecular complexity index is 575. The van der Waals surface area contributed by atoms with E-state index < -0.39 is 0 Å². The van der Waals surface area contributed by atoms with Gasteiger partial charge in [-0.15, -0.1) is 0 Å². The summed E-state index contributed by atoms with van der Waals surface area (Å²) in [4.78, 5) is 9.68. The molecule has 0 unspecified atom stereocenters. The van der Waals surface area contributed by atoms with Crippen LogP contribution >= 0.6 is 23.4 Å². The Balaban J connectivity index is 2.05. The maximum Gasteiger partial charge on any atom is 0.192 e. The van der Waals surface area contributed by atoms with E-state index in [9.17, 15) is 0 Å². The van der Waals surface area contributed by atoms with Crippen LogP contribution in [0.3, 0.4) is 0 Å². The summed E-state index contributed by atoms with van der Waals surface area (Å²) in [7, 11) is 0. The van der Waals surface area contributed by atoms with Gasteiger partial charge in [-0.25, -0.2) is 9.97 Å². The summed E-state index contributed by atoms with van der Waals surface area (Å²) >= 11 is 7.84. The minimum Gasteiger partial charge on any atom is -0.313 e. The second-order valence-electron chi connectivity index (χ2n) is 4.51. The van der Waals surface area contributed by atoms with Crippen LogP contribution in [0.2, 0.25) is 5.02 Å². The fourth-order valence-corrected chi connectivity index (χ4v) is 2.85. The third-order valence-electron chi connectivity index (χ3n) is 2.75. The summed E-state index contributed by atoms with van der Waals surface area (Å²) in [6.45, 7) is 5.92. The number of aryl methyl sites for hydroxylation is 1. The van der Waals surface area contributed by atoms with Gasteiger partial charge in [0.05, 0.1) is 0 Å². The molecule has 0 saturated carbocycles. The molecule has 0 fully saturated rings. The first-order valence-electron chi connectivity index (χ1n) is 6.65. The maximum absolute atomic E-state index is 6.31. The second kappa shape index (κ2) is 7.62. The first-order chi connectivity index (χ1) is 9.69. The quantitative estimate of drug-likeness (QED) is 0.644. The zero-order valence-corrected chi connectivity index (χ0v) is 13.3. The number of hydrogen-bond acceptors (Lipinski definition) is 4. The SMILES string of the molecule is CCCNCc1ccc(Sc2nccc(C)n2)cc1Cl. The van der Waals surface area contributed by atoms with Crippen LogP contribution in [0.25, 0.3) is 0 Å². The minimum atomic E-state index is 0.748. The molecule has 2 aromatic rings. The lowest BCUT2D eigenvalue weighted by Gasteiger charge is -2.07. The highest BCUT2D eigenvalue weighted by Gasteiger charge is 2.05. The van der Waals surface area contributed by atoms with E-state index in [1.165, 1.54) is 11.8 Å². The predicted molar refractivity (Wildman–Crippen MR) is 84.3 cm³/mol. The lowest BCUT2D eigenvalue weighted by Crippen LogP contribution is -2.13. The predicted octanol–water partition coefficient (Wildman–Crippen LogP) is 4.09. The summed E-state index contributed by atoms with van der Waals surface area (Å²) in [6.07, 6.45) is 2.89. The molecule has 0 bridgehead atoms. The summed E-state index contributed by atoms with van der Waals surface area (Å²) < 4.78 is 0. The van der Waals surface area contributed by atoms with Crippen LogP contribution in [0, 0.1) is 6.92 Å². The molecular formula is C15H18ClN3S. The van der Waals surface area contributed by atoms with E-state index in [-0.39, 0.29) is 0 Å². The van der Waals surface area contributed by atoms with Gasteiger partial charge in [-0.3, -0.25) is 0 Å².